The fourth-order valence-corrected chi connectivity index (χ4v) is 3.17. The topological polar surface area (TPSA) is 84.2 Å². The molecule has 6 nitrogen and oxygen atoms in total. The number of rotatable bonds is 5. The SMILES string of the molecule is CC(NC(=O)c1cnn(C2CCCC2)c1-c1ccccc1)C(=O)O. The van der Waals surface area contributed by atoms with Crippen LogP contribution in [-0.4, -0.2) is 32.8 Å². The molecule has 1 aliphatic carbocycles. The Balaban J connectivity index is 2.00. The monoisotopic (exact) mass is 327 g/mol. The van der Waals surface area contributed by atoms with Gasteiger partial charge in [0.05, 0.1) is 23.5 Å². The lowest BCUT2D eigenvalue weighted by Crippen LogP contribution is -2.38. The van der Waals surface area contributed by atoms with Crippen LogP contribution >= 0.6 is 0 Å². The second kappa shape index (κ2) is 6.86. The van der Waals surface area contributed by atoms with Crippen molar-refractivity contribution in [2.24, 2.45) is 0 Å². The zero-order valence-corrected chi connectivity index (χ0v) is 13.6. The van der Waals surface area contributed by atoms with E-state index < -0.39 is 17.9 Å². The first kappa shape index (κ1) is 16.2. The molecule has 1 saturated carbocycles. The van der Waals surface area contributed by atoms with E-state index in [1.165, 1.54) is 6.92 Å². The molecule has 0 bridgehead atoms. The van der Waals surface area contributed by atoms with Crippen LogP contribution in [0.1, 0.15) is 49.0 Å². The minimum Gasteiger partial charge on any atom is -0.480 e. The number of nitrogens with one attached hydrogen (secondary N) is 1. The van der Waals surface area contributed by atoms with Crippen LogP contribution in [0.4, 0.5) is 0 Å². The Kier molecular flexibility index (Phi) is 4.64. The normalized spacial score (nSPS) is 16.0. The van der Waals surface area contributed by atoms with Crippen LogP contribution in [-0.2, 0) is 4.79 Å². The maximum atomic E-state index is 12.6. The fourth-order valence-electron chi connectivity index (χ4n) is 3.17. The molecule has 6 heteroatoms. The fraction of sp³-hybridized carbons (Fsp3) is 0.389. The van der Waals surface area contributed by atoms with Gasteiger partial charge in [0, 0.05) is 5.56 Å². The summed E-state index contributed by atoms with van der Waals surface area (Å²) in [6.07, 6.45) is 5.97. The highest BCUT2D eigenvalue weighted by Gasteiger charge is 2.26. The molecule has 1 amide bonds. The summed E-state index contributed by atoms with van der Waals surface area (Å²) in [5, 5.41) is 16.0. The van der Waals surface area contributed by atoms with E-state index in [4.69, 9.17) is 5.11 Å². The highest BCUT2D eigenvalue weighted by molar-refractivity contribution is 6.01. The summed E-state index contributed by atoms with van der Waals surface area (Å²) in [4.78, 5) is 23.6. The lowest BCUT2D eigenvalue weighted by molar-refractivity contribution is -0.138. The predicted octanol–water partition coefficient (Wildman–Crippen LogP) is 2.87. The lowest BCUT2D eigenvalue weighted by Gasteiger charge is -2.16. The zero-order chi connectivity index (χ0) is 17.1. The minimum atomic E-state index is -1.06. The Bertz CT molecular complexity index is 733. The van der Waals surface area contributed by atoms with Crippen molar-refractivity contribution >= 4 is 11.9 Å². The van der Waals surface area contributed by atoms with E-state index in [1.54, 1.807) is 6.20 Å². The standard InChI is InChI=1S/C18H21N3O3/c1-12(18(23)24)20-17(22)15-11-19-21(14-9-5-6-10-14)16(15)13-7-3-2-4-8-13/h2-4,7-8,11-12,14H,5-6,9-10H2,1H3,(H,20,22)(H,23,24). The van der Waals surface area contributed by atoms with Crippen molar-refractivity contribution in [1.82, 2.24) is 15.1 Å². The molecule has 2 N–H and O–H groups in total. The molecule has 0 aliphatic heterocycles. The van der Waals surface area contributed by atoms with Gasteiger partial charge in [-0.2, -0.15) is 5.10 Å². The van der Waals surface area contributed by atoms with E-state index in [-0.39, 0.29) is 0 Å². The molecule has 1 fully saturated rings. The number of aliphatic carboxylic acids is 1. The van der Waals surface area contributed by atoms with Gasteiger partial charge in [0.1, 0.15) is 6.04 Å². The molecule has 0 radical (unpaired) electrons. The molecule has 1 aliphatic rings. The number of carbonyl (C=O) groups is 2. The van der Waals surface area contributed by atoms with Crippen molar-refractivity contribution in [1.29, 1.82) is 0 Å². The number of carbonyl (C=O) groups excluding carboxylic acids is 1. The summed E-state index contributed by atoms with van der Waals surface area (Å²) in [6, 6.07) is 8.99. The molecule has 126 valence electrons. The molecular formula is C18H21N3O3. The Labute approximate surface area is 140 Å². The Hall–Kier alpha value is -2.63. The molecule has 0 saturated heterocycles. The zero-order valence-electron chi connectivity index (χ0n) is 13.6. The first-order valence-corrected chi connectivity index (χ1v) is 8.24. The number of hydrogen-bond acceptors (Lipinski definition) is 3. The largest absolute Gasteiger partial charge is 0.480 e. The number of hydrogen-bond donors (Lipinski definition) is 2. The van der Waals surface area contributed by atoms with Gasteiger partial charge in [-0.15, -0.1) is 0 Å². The molecule has 24 heavy (non-hydrogen) atoms. The van der Waals surface area contributed by atoms with E-state index in [9.17, 15) is 9.59 Å². The summed E-state index contributed by atoms with van der Waals surface area (Å²) in [6.45, 7) is 1.45. The first-order valence-electron chi connectivity index (χ1n) is 8.24. The number of amides is 1. The van der Waals surface area contributed by atoms with Gasteiger partial charge in [0.15, 0.2) is 0 Å². The molecule has 0 spiro atoms. The molecule has 2 aromatic rings. The van der Waals surface area contributed by atoms with Crippen molar-refractivity contribution in [2.75, 3.05) is 0 Å². The highest BCUT2D eigenvalue weighted by Crippen LogP contribution is 2.34. The lowest BCUT2D eigenvalue weighted by atomic mass is 10.1. The van der Waals surface area contributed by atoms with Crippen LogP contribution in [0.3, 0.4) is 0 Å². The third-order valence-electron chi connectivity index (χ3n) is 4.48. The minimum absolute atomic E-state index is 0.290. The first-order chi connectivity index (χ1) is 11.6. The molecule has 3 rings (SSSR count). The van der Waals surface area contributed by atoms with Crippen LogP contribution in [0.15, 0.2) is 36.5 Å². The van der Waals surface area contributed by atoms with E-state index in [1.807, 2.05) is 35.0 Å². The Morgan fingerprint density at radius 3 is 2.54 bits per heavy atom. The van der Waals surface area contributed by atoms with Crippen molar-refractivity contribution in [3.63, 3.8) is 0 Å². The summed E-state index contributed by atoms with van der Waals surface area (Å²) < 4.78 is 1.93. The third-order valence-corrected chi connectivity index (χ3v) is 4.48. The summed E-state index contributed by atoms with van der Waals surface area (Å²) in [7, 11) is 0. The van der Waals surface area contributed by atoms with Gasteiger partial charge < -0.3 is 10.4 Å². The second-order valence-corrected chi connectivity index (χ2v) is 6.19. The second-order valence-electron chi connectivity index (χ2n) is 6.19. The van der Waals surface area contributed by atoms with Gasteiger partial charge in [0.25, 0.3) is 5.91 Å². The summed E-state index contributed by atoms with van der Waals surface area (Å²) in [5.41, 5.74) is 2.09. The summed E-state index contributed by atoms with van der Waals surface area (Å²) >= 11 is 0. The average Bonchev–Trinajstić information content (AvgIpc) is 3.24. The highest BCUT2D eigenvalue weighted by atomic mass is 16.4. The molecule has 1 atom stereocenters. The van der Waals surface area contributed by atoms with E-state index in [0.717, 1.165) is 36.9 Å². The van der Waals surface area contributed by atoms with Crippen LogP contribution in [0, 0.1) is 0 Å². The van der Waals surface area contributed by atoms with Crippen LogP contribution < -0.4 is 5.32 Å². The van der Waals surface area contributed by atoms with Crippen LogP contribution in [0.2, 0.25) is 0 Å². The average molecular weight is 327 g/mol. The van der Waals surface area contributed by atoms with Gasteiger partial charge in [0.2, 0.25) is 0 Å². The van der Waals surface area contributed by atoms with Crippen molar-refractivity contribution in [2.45, 2.75) is 44.7 Å². The Morgan fingerprint density at radius 2 is 1.92 bits per heavy atom. The molecular weight excluding hydrogens is 306 g/mol. The number of carboxylic acids is 1. The van der Waals surface area contributed by atoms with Gasteiger partial charge in [-0.25, -0.2) is 0 Å². The third kappa shape index (κ3) is 3.18. The van der Waals surface area contributed by atoms with E-state index >= 15 is 0 Å². The van der Waals surface area contributed by atoms with Crippen molar-refractivity contribution in [3.05, 3.63) is 42.1 Å². The number of benzene rings is 1. The maximum Gasteiger partial charge on any atom is 0.325 e. The van der Waals surface area contributed by atoms with Crippen molar-refractivity contribution in [3.8, 4) is 11.3 Å². The van der Waals surface area contributed by atoms with Crippen molar-refractivity contribution < 1.29 is 14.7 Å². The smallest absolute Gasteiger partial charge is 0.325 e. The molecule has 1 unspecified atom stereocenters. The van der Waals surface area contributed by atoms with Gasteiger partial charge in [-0.3, -0.25) is 14.3 Å². The van der Waals surface area contributed by atoms with Crippen LogP contribution in [0.25, 0.3) is 11.3 Å². The molecule has 1 aromatic heterocycles. The van der Waals surface area contributed by atoms with E-state index in [0.29, 0.717) is 11.6 Å². The number of aromatic nitrogens is 2. The van der Waals surface area contributed by atoms with Gasteiger partial charge in [-0.05, 0) is 19.8 Å². The number of nitrogens with zero attached hydrogens (tertiary/aromatic N) is 2. The summed E-state index contributed by atoms with van der Waals surface area (Å²) in [5.74, 6) is -1.47. The predicted molar refractivity (Wildman–Crippen MR) is 89.7 cm³/mol. The van der Waals surface area contributed by atoms with Gasteiger partial charge in [-0.1, -0.05) is 43.2 Å². The van der Waals surface area contributed by atoms with E-state index in [2.05, 4.69) is 10.4 Å². The quantitative estimate of drug-likeness (QED) is 0.884. The maximum absolute atomic E-state index is 12.6. The molecule has 1 aromatic carbocycles. The van der Waals surface area contributed by atoms with Crippen LogP contribution in [0.5, 0.6) is 0 Å². The van der Waals surface area contributed by atoms with Gasteiger partial charge >= 0.3 is 5.97 Å². The Morgan fingerprint density at radius 1 is 1.25 bits per heavy atom. The molecule has 1 heterocycles. The number of carboxylic acid groups (broad SMARTS) is 1.